The smallest absolute Gasteiger partial charge is 0.312 e. The second kappa shape index (κ2) is 4.54. The zero-order chi connectivity index (χ0) is 12.4. The molecule has 1 aromatic heterocycles. The summed E-state index contributed by atoms with van der Waals surface area (Å²) in [4.78, 5) is 10.3. The van der Waals surface area contributed by atoms with Crippen molar-refractivity contribution in [1.82, 2.24) is 10.2 Å². The van der Waals surface area contributed by atoms with Crippen LogP contribution >= 0.6 is 15.9 Å². The van der Waals surface area contributed by atoms with Gasteiger partial charge in [-0.3, -0.25) is 15.2 Å². The van der Waals surface area contributed by atoms with Crippen LogP contribution in [0.2, 0.25) is 0 Å². The summed E-state index contributed by atoms with van der Waals surface area (Å²) >= 11 is 3.17. The van der Waals surface area contributed by atoms with Crippen molar-refractivity contribution in [2.45, 2.75) is 6.92 Å². The summed E-state index contributed by atoms with van der Waals surface area (Å²) in [5.74, 6) is 0.456. The number of H-pyrrole nitrogens is 1. The fourth-order valence-electron chi connectivity index (χ4n) is 1.28. The fourth-order valence-corrected chi connectivity index (χ4v) is 1.63. The third-order valence-electron chi connectivity index (χ3n) is 2.01. The predicted octanol–water partition coefficient (Wildman–Crippen LogP) is 3.18. The number of hydrogen-bond donors (Lipinski definition) is 1. The highest BCUT2D eigenvalue weighted by Crippen LogP contribution is 2.32. The van der Waals surface area contributed by atoms with Gasteiger partial charge >= 0.3 is 5.69 Å². The molecule has 0 aliphatic heterocycles. The number of nitrogens with zero attached hydrogens (tertiary/aromatic N) is 2. The Morgan fingerprint density at radius 2 is 2.24 bits per heavy atom. The van der Waals surface area contributed by atoms with E-state index >= 15 is 0 Å². The fraction of sp³-hybridized carbons (Fsp3) is 0.100. The molecule has 0 fully saturated rings. The largest absolute Gasteiger partial charge is 0.430 e. The molecule has 88 valence electrons. The first kappa shape index (κ1) is 11.6. The molecule has 17 heavy (non-hydrogen) atoms. The highest BCUT2D eigenvalue weighted by molar-refractivity contribution is 9.10. The van der Waals surface area contributed by atoms with Gasteiger partial charge in [0.25, 0.3) is 0 Å². The molecule has 0 radical (unpaired) electrons. The Hall–Kier alpha value is -1.89. The molecule has 2 aromatic rings. The molecular formula is C10H8BrN3O3. The third-order valence-corrected chi connectivity index (χ3v) is 2.51. The number of benzene rings is 1. The Labute approximate surface area is 105 Å². The Kier molecular flexibility index (Phi) is 3.10. The van der Waals surface area contributed by atoms with E-state index in [0.29, 0.717) is 10.4 Å². The lowest BCUT2D eigenvalue weighted by Crippen LogP contribution is -1.93. The van der Waals surface area contributed by atoms with Gasteiger partial charge in [-0.2, -0.15) is 0 Å². The molecule has 0 atom stereocenters. The maximum atomic E-state index is 10.8. The van der Waals surface area contributed by atoms with Gasteiger partial charge in [0.1, 0.15) is 0 Å². The van der Waals surface area contributed by atoms with Crippen LogP contribution in [0.4, 0.5) is 5.69 Å². The lowest BCUT2D eigenvalue weighted by atomic mass is 10.3. The minimum Gasteiger partial charge on any atom is -0.430 e. The van der Waals surface area contributed by atoms with Gasteiger partial charge in [-0.1, -0.05) is 15.9 Å². The molecule has 0 bridgehead atoms. The number of rotatable bonds is 3. The van der Waals surface area contributed by atoms with Gasteiger partial charge in [0.05, 0.1) is 4.92 Å². The Morgan fingerprint density at radius 3 is 2.82 bits per heavy atom. The number of ether oxygens (including phenoxy) is 1. The number of halogens is 1. The van der Waals surface area contributed by atoms with Crippen LogP contribution in [0.1, 0.15) is 5.69 Å². The Balaban J connectivity index is 2.35. The number of nitro groups is 1. The van der Waals surface area contributed by atoms with E-state index in [9.17, 15) is 10.1 Å². The van der Waals surface area contributed by atoms with Crippen molar-refractivity contribution in [3.05, 3.63) is 44.5 Å². The van der Waals surface area contributed by atoms with Gasteiger partial charge in [-0.25, -0.2) is 0 Å². The SMILES string of the molecule is Cc1cc(Oc2ccc(Br)cc2[N+](=O)[O-])n[nH]1. The number of aryl methyl sites for hydroxylation is 1. The first-order valence-electron chi connectivity index (χ1n) is 4.70. The van der Waals surface area contributed by atoms with Crippen LogP contribution in [0.25, 0.3) is 0 Å². The number of aromatic amines is 1. The molecule has 1 N–H and O–H groups in total. The predicted molar refractivity (Wildman–Crippen MR) is 64.2 cm³/mol. The molecule has 0 spiro atoms. The van der Waals surface area contributed by atoms with Crippen molar-refractivity contribution >= 4 is 21.6 Å². The molecule has 7 heteroatoms. The van der Waals surface area contributed by atoms with Crippen molar-refractivity contribution in [2.75, 3.05) is 0 Å². The topological polar surface area (TPSA) is 81.1 Å². The zero-order valence-electron chi connectivity index (χ0n) is 8.81. The van der Waals surface area contributed by atoms with Crippen LogP contribution < -0.4 is 4.74 Å². The Morgan fingerprint density at radius 1 is 1.47 bits per heavy atom. The maximum Gasteiger partial charge on any atom is 0.312 e. The average Bonchev–Trinajstić information content (AvgIpc) is 2.66. The van der Waals surface area contributed by atoms with E-state index in [1.54, 1.807) is 12.1 Å². The number of hydrogen-bond acceptors (Lipinski definition) is 4. The second-order valence-electron chi connectivity index (χ2n) is 3.36. The normalized spacial score (nSPS) is 10.2. The lowest BCUT2D eigenvalue weighted by Gasteiger charge is -2.03. The Bertz CT molecular complexity index is 568. The van der Waals surface area contributed by atoms with Gasteiger partial charge in [-0.15, -0.1) is 5.10 Å². The van der Waals surface area contributed by atoms with Crippen molar-refractivity contribution in [3.8, 4) is 11.6 Å². The van der Waals surface area contributed by atoms with Crippen molar-refractivity contribution in [3.63, 3.8) is 0 Å². The van der Waals surface area contributed by atoms with Crippen LogP contribution in [-0.2, 0) is 0 Å². The molecule has 2 rings (SSSR count). The summed E-state index contributed by atoms with van der Waals surface area (Å²) in [6.45, 7) is 1.82. The second-order valence-corrected chi connectivity index (χ2v) is 4.28. The summed E-state index contributed by atoms with van der Waals surface area (Å²) in [5, 5.41) is 17.4. The van der Waals surface area contributed by atoms with Crippen LogP contribution in [0.3, 0.4) is 0 Å². The van der Waals surface area contributed by atoms with Gasteiger partial charge < -0.3 is 4.74 Å². The molecule has 6 nitrogen and oxygen atoms in total. The van der Waals surface area contributed by atoms with E-state index in [0.717, 1.165) is 5.69 Å². The molecular weight excluding hydrogens is 290 g/mol. The van der Waals surface area contributed by atoms with E-state index < -0.39 is 4.92 Å². The van der Waals surface area contributed by atoms with Gasteiger partial charge in [0.2, 0.25) is 11.6 Å². The van der Waals surface area contributed by atoms with Gasteiger partial charge in [0.15, 0.2) is 0 Å². The first-order chi connectivity index (χ1) is 8.06. The monoisotopic (exact) mass is 297 g/mol. The van der Waals surface area contributed by atoms with Crippen LogP contribution in [-0.4, -0.2) is 15.1 Å². The van der Waals surface area contributed by atoms with E-state index in [1.807, 2.05) is 6.92 Å². The summed E-state index contributed by atoms with van der Waals surface area (Å²) < 4.78 is 5.96. The van der Waals surface area contributed by atoms with E-state index in [-0.39, 0.29) is 11.4 Å². The minimum atomic E-state index is -0.500. The highest BCUT2D eigenvalue weighted by atomic mass is 79.9. The molecule has 0 saturated carbocycles. The lowest BCUT2D eigenvalue weighted by molar-refractivity contribution is -0.385. The number of aromatic nitrogens is 2. The first-order valence-corrected chi connectivity index (χ1v) is 5.49. The summed E-state index contributed by atoms with van der Waals surface area (Å²) in [6.07, 6.45) is 0. The third kappa shape index (κ3) is 2.62. The summed E-state index contributed by atoms with van der Waals surface area (Å²) in [6, 6.07) is 6.23. The molecule has 0 aliphatic rings. The minimum absolute atomic E-state index is 0.111. The molecule has 0 unspecified atom stereocenters. The molecule has 0 amide bonds. The van der Waals surface area contributed by atoms with Crippen molar-refractivity contribution < 1.29 is 9.66 Å². The van der Waals surface area contributed by atoms with Gasteiger partial charge in [-0.05, 0) is 19.1 Å². The van der Waals surface area contributed by atoms with Crippen molar-refractivity contribution in [1.29, 1.82) is 0 Å². The van der Waals surface area contributed by atoms with Crippen molar-refractivity contribution in [2.24, 2.45) is 0 Å². The van der Waals surface area contributed by atoms with E-state index in [1.165, 1.54) is 12.1 Å². The highest BCUT2D eigenvalue weighted by Gasteiger charge is 2.17. The molecule has 1 aromatic carbocycles. The van der Waals surface area contributed by atoms with Crippen LogP contribution in [0.5, 0.6) is 11.6 Å². The van der Waals surface area contributed by atoms with Gasteiger partial charge in [0, 0.05) is 22.3 Å². The number of nitrogens with one attached hydrogen (secondary N) is 1. The molecule has 0 saturated heterocycles. The molecule has 1 heterocycles. The van der Waals surface area contributed by atoms with E-state index in [4.69, 9.17) is 4.74 Å². The van der Waals surface area contributed by atoms with Crippen LogP contribution in [0, 0.1) is 17.0 Å². The summed E-state index contributed by atoms with van der Waals surface area (Å²) in [7, 11) is 0. The number of nitro benzene ring substituents is 1. The maximum absolute atomic E-state index is 10.8. The summed E-state index contributed by atoms with van der Waals surface area (Å²) in [5.41, 5.74) is 0.708. The van der Waals surface area contributed by atoms with E-state index in [2.05, 4.69) is 26.1 Å². The standard InChI is InChI=1S/C10H8BrN3O3/c1-6-4-10(13-12-6)17-9-3-2-7(11)5-8(9)14(15)16/h2-5H,1H3,(H,12,13). The quantitative estimate of drug-likeness (QED) is 0.697. The zero-order valence-corrected chi connectivity index (χ0v) is 10.4. The molecule has 0 aliphatic carbocycles. The van der Waals surface area contributed by atoms with Crippen LogP contribution in [0.15, 0.2) is 28.7 Å². The average molecular weight is 298 g/mol.